The minimum atomic E-state index is -2.52. The molecule has 2 aliphatic rings. The summed E-state index contributed by atoms with van der Waals surface area (Å²) in [6.45, 7) is 2.22. The van der Waals surface area contributed by atoms with E-state index in [4.69, 9.17) is 4.74 Å². The summed E-state index contributed by atoms with van der Waals surface area (Å²) in [6, 6.07) is 7.68. The summed E-state index contributed by atoms with van der Waals surface area (Å²) in [6.07, 6.45) is 8.41. The molecule has 0 aliphatic heterocycles. The molecule has 2 fully saturated rings. The Hall–Kier alpha value is -1.12. The van der Waals surface area contributed by atoms with Crippen LogP contribution in [0.4, 0.5) is 8.78 Å². The first-order valence-electron chi connectivity index (χ1n) is 10.0. The third kappa shape index (κ3) is 4.35. The molecule has 0 heterocycles. The number of benzene rings is 1. The van der Waals surface area contributed by atoms with Gasteiger partial charge in [-0.05, 0) is 61.1 Å². The maximum absolute atomic E-state index is 15.0. The van der Waals surface area contributed by atoms with Crippen molar-refractivity contribution in [1.82, 2.24) is 0 Å². The Morgan fingerprint density at radius 2 is 1.68 bits per heavy atom. The molecule has 0 unspecified atom stereocenters. The van der Waals surface area contributed by atoms with Crippen LogP contribution in [0.2, 0.25) is 0 Å². The first-order valence-corrected chi connectivity index (χ1v) is 10.0. The Labute approximate surface area is 151 Å². The molecule has 25 heavy (non-hydrogen) atoms. The van der Waals surface area contributed by atoms with E-state index in [2.05, 4.69) is 6.92 Å². The van der Waals surface area contributed by atoms with Crippen LogP contribution in [-0.2, 0) is 0 Å². The second-order valence-electron chi connectivity index (χ2n) is 8.19. The van der Waals surface area contributed by atoms with E-state index in [1.807, 2.05) is 24.3 Å². The normalized spacial score (nSPS) is 32.3. The molecule has 0 saturated heterocycles. The molecular formula is C22H32F2O. The van der Waals surface area contributed by atoms with Crippen molar-refractivity contribution in [2.45, 2.75) is 76.6 Å². The molecule has 0 bridgehead atoms. The third-order valence-corrected chi connectivity index (χ3v) is 6.63. The van der Waals surface area contributed by atoms with Gasteiger partial charge in [-0.1, -0.05) is 44.7 Å². The fourth-order valence-electron chi connectivity index (χ4n) is 5.20. The molecule has 0 radical (unpaired) electrons. The Kier molecular flexibility index (Phi) is 6.01. The lowest BCUT2D eigenvalue weighted by Gasteiger charge is -2.42. The van der Waals surface area contributed by atoms with Crippen LogP contribution >= 0.6 is 0 Å². The quantitative estimate of drug-likeness (QED) is 0.566. The molecule has 0 aromatic heterocycles. The summed E-state index contributed by atoms with van der Waals surface area (Å²) in [5.41, 5.74) is 1.03. The van der Waals surface area contributed by atoms with Crippen molar-refractivity contribution < 1.29 is 13.5 Å². The second-order valence-corrected chi connectivity index (χ2v) is 8.19. The Morgan fingerprint density at radius 3 is 2.24 bits per heavy atom. The van der Waals surface area contributed by atoms with Crippen LogP contribution in [0.5, 0.6) is 5.75 Å². The Balaban J connectivity index is 1.60. The molecule has 140 valence electrons. The standard InChI is InChI=1S/C22H32F2O/c1-3-4-16-5-7-18(8-6-16)21-14-11-19(15-22(21,23)24)17-9-12-20(25-2)13-10-17/h9-10,12-13,16,18-19,21H,3-8,11,14-15H2,1-2H3/t16?,18?,19-,21+/m0/s1. The van der Waals surface area contributed by atoms with E-state index in [0.717, 1.165) is 49.3 Å². The number of hydrogen-bond donors (Lipinski definition) is 0. The zero-order valence-corrected chi connectivity index (χ0v) is 15.6. The zero-order valence-electron chi connectivity index (χ0n) is 15.6. The molecule has 1 nitrogen and oxygen atoms in total. The van der Waals surface area contributed by atoms with Crippen LogP contribution in [-0.4, -0.2) is 13.0 Å². The molecule has 2 atom stereocenters. The summed E-state index contributed by atoms with van der Waals surface area (Å²) in [5.74, 6) is -1.14. The molecule has 0 spiro atoms. The number of rotatable bonds is 5. The smallest absolute Gasteiger partial charge is 0.251 e. The van der Waals surface area contributed by atoms with Crippen LogP contribution in [0.1, 0.15) is 76.2 Å². The fraction of sp³-hybridized carbons (Fsp3) is 0.727. The molecule has 3 rings (SSSR count). The molecule has 2 aliphatic carbocycles. The van der Waals surface area contributed by atoms with Gasteiger partial charge in [0.05, 0.1) is 7.11 Å². The van der Waals surface area contributed by atoms with Crippen molar-refractivity contribution in [2.75, 3.05) is 7.11 Å². The van der Waals surface area contributed by atoms with E-state index < -0.39 is 11.8 Å². The lowest BCUT2D eigenvalue weighted by atomic mass is 9.66. The lowest BCUT2D eigenvalue weighted by Crippen LogP contribution is -2.40. The topological polar surface area (TPSA) is 9.23 Å². The van der Waals surface area contributed by atoms with E-state index in [0.29, 0.717) is 6.42 Å². The Morgan fingerprint density at radius 1 is 1.00 bits per heavy atom. The van der Waals surface area contributed by atoms with Gasteiger partial charge in [0, 0.05) is 12.3 Å². The highest BCUT2D eigenvalue weighted by atomic mass is 19.3. The summed E-state index contributed by atoms with van der Waals surface area (Å²) in [7, 11) is 1.63. The van der Waals surface area contributed by atoms with Crippen molar-refractivity contribution in [3.63, 3.8) is 0 Å². The van der Waals surface area contributed by atoms with E-state index in [-0.39, 0.29) is 18.3 Å². The van der Waals surface area contributed by atoms with Crippen molar-refractivity contribution in [1.29, 1.82) is 0 Å². The molecule has 3 heteroatoms. The molecule has 0 N–H and O–H groups in total. The van der Waals surface area contributed by atoms with Crippen molar-refractivity contribution in [2.24, 2.45) is 17.8 Å². The third-order valence-electron chi connectivity index (χ3n) is 6.63. The van der Waals surface area contributed by atoms with Gasteiger partial charge in [0.25, 0.3) is 5.92 Å². The molecular weight excluding hydrogens is 318 g/mol. The number of alkyl halides is 2. The highest BCUT2D eigenvalue weighted by molar-refractivity contribution is 5.30. The van der Waals surface area contributed by atoms with Crippen LogP contribution in [0.25, 0.3) is 0 Å². The average molecular weight is 350 g/mol. The predicted molar refractivity (Wildman–Crippen MR) is 98.4 cm³/mol. The minimum absolute atomic E-state index is 0.0128. The predicted octanol–water partition coefficient (Wildman–Crippen LogP) is 6.82. The SMILES string of the molecule is CCCC1CCC([C@H]2CC[C@H](c3ccc(OC)cc3)CC2(F)F)CC1. The van der Waals surface area contributed by atoms with Crippen LogP contribution < -0.4 is 4.74 Å². The van der Waals surface area contributed by atoms with Crippen molar-refractivity contribution in [3.8, 4) is 5.75 Å². The Bertz CT molecular complexity index is 531. The van der Waals surface area contributed by atoms with Crippen molar-refractivity contribution >= 4 is 0 Å². The maximum atomic E-state index is 15.0. The number of hydrogen-bond acceptors (Lipinski definition) is 1. The van der Waals surface area contributed by atoms with Gasteiger partial charge >= 0.3 is 0 Å². The fourth-order valence-corrected chi connectivity index (χ4v) is 5.20. The van der Waals surface area contributed by atoms with Gasteiger partial charge in [-0.2, -0.15) is 0 Å². The highest BCUT2D eigenvalue weighted by Gasteiger charge is 2.48. The van der Waals surface area contributed by atoms with Gasteiger partial charge in [0.15, 0.2) is 0 Å². The van der Waals surface area contributed by atoms with Gasteiger partial charge in [-0.3, -0.25) is 0 Å². The molecule has 1 aromatic rings. The van der Waals surface area contributed by atoms with Crippen LogP contribution in [0.15, 0.2) is 24.3 Å². The summed E-state index contributed by atoms with van der Waals surface area (Å²) >= 11 is 0. The van der Waals surface area contributed by atoms with Gasteiger partial charge in [-0.15, -0.1) is 0 Å². The van der Waals surface area contributed by atoms with E-state index in [1.165, 1.54) is 12.8 Å². The molecule has 2 saturated carbocycles. The zero-order chi connectivity index (χ0) is 17.9. The van der Waals surface area contributed by atoms with Crippen LogP contribution in [0, 0.1) is 17.8 Å². The molecule has 1 aromatic carbocycles. The first kappa shape index (κ1) is 18.7. The first-order chi connectivity index (χ1) is 12.0. The maximum Gasteiger partial charge on any atom is 0.251 e. The molecule has 0 amide bonds. The summed E-state index contributed by atoms with van der Waals surface area (Å²) < 4.78 is 35.1. The second kappa shape index (κ2) is 8.05. The lowest BCUT2D eigenvalue weighted by molar-refractivity contribution is -0.118. The van der Waals surface area contributed by atoms with E-state index in [1.54, 1.807) is 7.11 Å². The monoisotopic (exact) mass is 350 g/mol. The van der Waals surface area contributed by atoms with Gasteiger partial charge in [0.2, 0.25) is 0 Å². The van der Waals surface area contributed by atoms with Gasteiger partial charge < -0.3 is 4.74 Å². The number of ether oxygens (including phenoxy) is 1. The van der Waals surface area contributed by atoms with Gasteiger partial charge in [0.1, 0.15) is 5.75 Å². The summed E-state index contributed by atoms with van der Waals surface area (Å²) in [4.78, 5) is 0. The minimum Gasteiger partial charge on any atom is -0.497 e. The summed E-state index contributed by atoms with van der Waals surface area (Å²) in [5, 5.41) is 0. The average Bonchev–Trinajstić information content (AvgIpc) is 2.62. The van der Waals surface area contributed by atoms with E-state index in [9.17, 15) is 8.78 Å². The largest absolute Gasteiger partial charge is 0.497 e. The van der Waals surface area contributed by atoms with Gasteiger partial charge in [-0.25, -0.2) is 8.78 Å². The van der Waals surface area contributed by atoms with Crippen molar-refractivity contribution in [3.05, 3.63) is 29.8 Å². The number of halogens is 2. The van der Waals surface area contributed by atoms with E-state index >= 15 is 0 Å². The number of methoxy groups -OCH3 is 1. The van der Waals surface area contributed by atoms with Crippen LogP contribution in [0.3, 0.4) is 0 Å². The highest BCUT2D eigenvalue weighted by Crippen LogP contribution is 2.51.